The van der Waals surface area contributed by atoms with Crippen LogP contribution in [-0.2, 0) is 4.79 Å². The molecule has 0 aromatic heterocycles. The van der Waals surface area contributed by atoms with Crippen LogP contribution < -0.4 is 5.32 Å². The zero-order valence-electron chi connectivity index (χ0n) is 47.6. The van der Waals surface area contributed by atoms with Crippen molar-refractivity contribution in [1.82, 2.24) is 5.32 Å². The molecule has 0 saturated heterocycles. The molecule has 4 nitrogen and oxygen atoms in total. The molecule has 0 rings (SSSR count). The van der Waals surface area contributed by atoms with Gasteiger partial charge in [-0.1, -0.05) is 339 Å². The van der Waals surface area contributed by atoms with Crippen molar-refractivity contribution in [3.05, 3.63) is 48.6 Å². The van der Waals surface area contributed by atoms with E-state index in [4.69, 9.17) is 0 Å². The van der Waals surface area contributed by atoms with Gasteiger partial charge >= 0.3 is 0 Å². The second kappa shape index (κ2) is 61.6. The molecule has 0 fully saturated rings. The van der Waals surface area contributed by atoms with E-state index in [-0.39, 0.29) is 12.5 Å². The lowest BCUT2D eigenvalue weighted by Crippen LogP contribution is -2.45. The molecule has 0 aromatic rings. The number of carbonyl (C=O) groups is 1. The van der Waals surface area contributed by atoms with Crippen molar-refractivity contribution < 1.29 is 15.0 Å². The molecule has 2 atom stereocenters. The maximum absolute atomic E-state index is 12.5. The predicted octanol–water partition coefficient (Wildman–Crippen LogP) is 21.4. The number of amides is 1. The summed E-state index contributed by atoms with van der Waals surface area (Å²) in [4.78, 5) is 12.5. The minimum atomic E-state index is -0.658. The predicted molar refractivity (Wildman–Crippen MR) is 313 cm³/mol. The third-order valence-electron chi connectivity index (χ3n) is 14.9. The second-order valence-electron chi connectivity index (χ2n) is 21.8. The monoisotopic (exact) mass is 980 g/mol. The van der Waals surface area contributed by atoms with Crippen LogP contribution in [0.1, 0.15) is 348 Å². The highest BCUT2D eigenvalue weighted by Crippen LogP contribution is 2.19. The molecule has 1 amide bonds. The van der Waals surface area contributed by atoms with E-state index in [2.05, 4.69) is 67.8 Å². The maximum atomic E-state index is 12.5. The first-order valence-electron chi connectivity index (χ1n) is 31.8. The number of allylic oxidation sites excluding steroid dienone is 8. The molecule has 0 aliphatic heterocycles. The summed E-state index contributed by atoms with van der Waals surface area (Å²) in [7, 11) is 0. The molecule has 3 N–H and O–H groups in total. The highest BCUT2D eigenvalue weighted by atomic mass is 16.3. The zero-order valence-corrected chi connectivity index (χ0v) is 47.6. The van der Waals surface area contributed by atoms with Gasteiger partial charge in [-0.25, -0.2) is 0 Å². The van der Waals surface area contributed by atoms with Gasteiger partial charge in [-0.05, 0) is 51.4 Å². The van der Waals surface area contributed by atoms with Gasteiger partial charge in [0.1, 0.15) is 0 Å². The Kier molecular flexibility index (Phi) is 60.2. The fourth-order valence-corrected chi connectivity index (χ4v) is 10.1. The quantitative estimate of drug-likeness (QED) is 0.0420. The number of carbonyl (C=O) groups excluding carboxylic acids is 1. The summed E-state index contributed by atoms with van der Waals surface area (Å²) in [6.07, 6.45) is 85.7. The number of rotatable bonds is 59. The van der Waals surface area contributed by atoms with E-state index in [0.29, 0.717) is 12.8 Å². The fourth-order valence-electron chi connectivity index (χ4n) is 10.1. The van der Waals surface area contributed by atoms with Gasteiger partial charge in [0.05, 0.1) is 18.8 Å². The van der Waals surface area contributed by atoms with Crippen LogP contribution in [0.5, 0.6) is 0 Å². The van der Waals surface area contributed by atoms with Crippen molar-refractivity contribution in [2.24, 2.45) is 0 Å². The lowest BCUT2D eigenvalue weighted by molar-refractivity contribution is -0.123. The summed E-state index contributed by atoms with van der Waals surface area (Å²) in [5.41, 5.74) is 0. The second-order valence-corrected chi connectivity index (χ2v) is 21.8. The molecule has 0 aromatic carbocycles. The molecular formula is C66H125NO3. The molecule has 70 heavy (non-hydrogen) atoms. The first kappa shape index (κ1) is 68.4. The van der Waals surface area contributed by atoms with Gasteiger partial charge < -0.3 is 15.5 Å². The van der Waals surface area contributed by atoms with Crippen molar-refractivity contribution in [3.8, 4) is 0 Å². The van der Waals surface area contributed by atoms with Crippen LogP contribution in [0.2, 0.25) is 0 Å². The fraction of sp³-hybridized carbons (Fsp3) is 0.864. The Hall–Kier alpha value is -1.65. The average Bonchev–Trinajstić information content (AvgIpc) is 3.36. The van der Waals surface area contributed by atoms with Gasteiger partial charge in [0.15, 0.2) is 0 Å². The van der Waals surface area contributed by atoms with Crippen LogP contribution in [-0.4, -0.2) is 34.9 Å². The summed E-state index contributed by atoms with van der Waals surface area (Å²) in [6.45, 7) is 4.28. The highest BCUT2D eigenvalue weighted by Gasteiger charge is 2.20. The SMILES string of the molecule is CC/C=C\C/C=C\C/C=C\C/C=C\CCCCCCCCCCCCCCCCCCCCCCCCCCCCC(=O)NC(CO)C(O)CCCCCCCCCCCCCCCCCCCCC. The first-order chi connectivity index (χ1) is 34.7. The van der Waals surface area contributed by atoms with Gasteiger partial charge in [-0.2, -0.15) is 0 Å². The summed E-state index contributed by atoms with van der Waals surface area (Å²) in [5, 5.41) is 23.4. The number of nitrogens with one attached hydrogen (secondary N) is 1. The number of hydrogen-bond donors (Lipinski definition) is 3. The van der Waals surface area contributed by atoms with Crippen LogP contribution in [0.15, 0.2) is 48.6 Å². The van der Waals surface area contributed by atoms with E-state index >= 15 is 0 Å². The molecule has 2 unspecified atom stereocenters. The molecule has 0 saturated carbocycles. The Bertz CT molecular complexity index is 1110. The third-order valence-corrected chi connectivity index (χ3v) is 14.9. The summed E-state index contributed by atoms with van der Waals surface area (Å²) < 4.78 is 0. The molecular weight excluding hydrogens is 855 g/mol. The van der Waals surface area contributed by atoms with Crippen molar-refractivity contribution >= 4 is 5.91 Å². The molecule has 0 aliphatic rings. The molecule has 0 bridgehead atoms. The summed E-state index contributed by atoms with van der Waals surface area (Å²) in [5.74, 6) is -0.0239. The smallest absolute Gasteiger partial charge is 0.220 e. The average molecular weight is 981 g/mol. The third kappa shape index (κ3) is 57.3. The Balaban J connectivity index is 3.37. The highest BCUT2D eigenvalue weighted by molar-refractivity contribution is 5.76. The summed E-state index contributed by atoms with van der Waals surface area (Å²) >= 11 is 0. The molecule has 0 radical (unpaired) electrons. The zero-order chi connectivity index (χ0) is 50.6. The molecule has 0 heterocycles. The largest absolute Gasteiger partial charge is 0.394 e. The van der Waals surface area contributed by atoms with Crippen LogP contribution in [0, 0.1) is 0 Å². The number of unbranched alkanes of at least 4 members (excludes halogenated alkanes) is 44. The van der Waals surface area contributed by atoms with Gasteiger partial charge in [0, 0.05) is 6.42 Å². The minimum absolute atomic E-state index is 0.0239. The van der Waals surface area contributed by atoms with Gasteiger partial charge in [0.2, 0.25) is 5.91 Å². The number of aliphatic hydroxyl groups excluding tert-OH is 2. The van der Waals surface area contributed by atoms with E-state index in [1.807, 2.05) is 0 Å². The Labute approximate surface area is 439 Å². The Morgan fingerprint density at radius 3 is 0.943 bits per heavy atom. The topological polar surface area (TPSA) is 69.6 Å². The van der Waals surface area contributed by atoms with Crippen LogP contribution in [0.25, 0.3) is 0 Å². The standard InChI is InChI=1S/C66H125NO3/c1-3-5-7-9-11-13-15-17-19-21-23-24-25-26-27-28-29-30-31-32-33-34-35-36-37-38-39-40-41-42-44-46-48-50-52-54-56-58-60-62-66(70)67-64(63-68)65(69)61-59-57-55-53-51-49-47-45-43-22-20-18-16-14-12-10-8-6-4-2/h5,7,11,13,17,19,23-24,64-65,68-69H,3-4,6,8-10,12,14-16,18,20-22,25-63H2,1-2H3,(H,67,70)/b7-5-,13-11-,19-17-,24-23-. The molecule has 0 aliphatic carbocycles. The first-order valence-corrected chi connectivity index (χ1v) is 31.8. The van der Waals surface area contributed by atoms with Crippen LogP contribution in [0.4, 0.5) is 0 Å². The minimum Gasteiger partial charge on any atom is -0.394 e. The van der Waals surface area contributed by atoms with E-state index < -0.39 is 12.1 Å². The van der Waals surface area contributed by atoms with Gasteiger partial charge in [-0.3, -0.25) is 4.79 Å². The number of aliphatic hydroxyl groups is 2. The van der Waals surface area contributed by atoms with Crippen LogP contribution >= 0.6 is 0 Å². The van der Waals surface area contributed by atoms with Gasteiger partial charge in [0.25, 0.3) is 0 Å². The van der Waals surface area contributed by atoms with Crippen molar-refractivity contribution in [2.75, 3.05) is 6.61 Å². The van der Waals surface area contributed by atoms with E-state index in [1.165, 1.54) is 270 Å². The lowest BCUT2D eigenvalue weighted by atomic mass is 10.0. The number of hydrogen-bond acceptors (Lipinski definition) is 3. The van der Waals surface area contributed by atoms with E-state index in [1.54, 1.807) is 0 Å². The lowest BCUT2D eigenvalue weighted by Gasteiger charge is -2.22. The maximum Gasteiger partial charge on any atom is 0.220 e. The van der Waals surface area contributed by atoms with E-state index in [9.17, 15) is 15.0 Å². The summed E-state index contributed by atoms with van der Waals surface area (Å²) in [6, 6.07) is -0.535. The molecule has 0 spiro atoms. The van der Waals surface area contributed by atoms with Crippen molar-refractivity contribution in [2.45, 2.75) is 360 Å². The molecule has 4 heteroatoms. The normalized spacial score (nSPS) is 13.0. The Morgan fingerprint density at radius 1 is 0.357 bits per heavy atom. The Morgan fingerprint density at radius 2 is 0.629 bits per heavy atom. The van der Waals surface area contributed by atoms with Crippen molar-refractivity contribution in [1.29, 1.82) is 0 Å². The van der Waals surface area contributed by atoms with Crippen molar-refractivity contribution in [3.63, 3.8) is 0 Å². The van der Waals surface area contributed by atoms with Gasteiger partial charge in [-0.15, -0.1) is 0 Å². The molecule has 412 valence electrons. The van der Waals surface area contributed by atoms with Crippen LogP contribution in [0.3, 0.4) is 0 Å². The van der Waals surface area contributed by atoms with E-state index in [0.717, 1.165) is 51.4 Å².